The standard InChI is InChI=1S/C17H27N3O/c1-3-20-10-6-9-16(20)13-19(2)17(21)11-14-7-4-5-8-15(14)12-18/h4-5,7-8,16H,3,6,9-13,18H2,1-2H3. The van der Waals surface area contributed by atoms with Crippen LogP contribution in [0.5, 0.6) is 0 Å². The number of carbonyl (C=O) groups is 1. The number of carbonyl (C=O) groups excluding carboxylic acids is 1. The molecule has 2 rings (SSSR count). The fraction of sp³-hybridized carbons (Fsp3) is 0.588. The molecule has 0 radical (unpaired) electrons. The van der Waals surface area contributed by atoms with Crippen LogP contribution < -0.4 is 5.73 Å². The molecule has 0 bridgehead atoms. The van der Waals surface area contributed by atoms with Gasteiger partial charge in [0.25, 0.3) is 0 Å². The second-order valence-corrected chi connectivity index (χ2v) is 5.85. The lowest BCUT2D eigenvalue weighted by atomic mass is 10.0. The molecule has 1 heterocycles. The summed E-state index contributed by atoms with van der Waals surface area (Å²) < 4.78 is 0. The van der Waals surface area contributed by atoms with Crippen molar-refractivity contribution >= 4 is 5.91 Å². The Labute approximate surface area is 127 Å². The molecule has 1 aliphatic heterocycles. The molecule has 1 atom stereocenters. The summed E-state index contributed by atoms with van der Waals surface area (Å²) in [6.07, 6.45) is 2.89. The van der Waals surface area contributed by atoms with E-state index in [2.05, 4.69) is 11.8 Å². The summed E-state index contributed by atoms with van der Waals surface area (Å²) in [7, 11) is 1.92. The lowest BCUT2D eigenvalue weighted by molar-refractivity contribution is -0.129. The van der Waals surface area contributed by atoms with Crippen LogP contribution in [0.3, 0.4) is 0 Å². The Morgan fingerprint density at radius 3 is 2.76 bits per heavy atom. The van der Waals surface area contributed by atoms with Crippen molar-refractivity contribution in [2.24, 2.45) is 5.73 Å². The van der Waals surface area contributed by atoms with Crippen molar-refractivity contribution in [3.05, 3.63) is 35.4 Å². The predicted molar refractivity (Wildman–Crippen MR) is 85.9 cm³/mol. The van der Waals surface area contributed by atoms with Crippen LogP contribution >= 0.6 is 0 Å². The van der Waals surface area contributed by atoms with Crippen LogP contribution in [0, 0.1) is 0 Å². The van der Waals surface area contributed by atoms with Crippen LogP contribution in [0.25, 0.3) is 0 Å². The average molecular weight is 289 g/mol. The zero-order valence-electron chi connectivity index (χ0n) is 13.2. The lowest BCUT2D eigenvalue weighted by Crippen LogP contribution is -2.41. The van der Waals surface area contributed by atoms with Gasteiger partial charge in [-0.25, -0.2) is 0 Å². The highest BCUT2D eigenvalue weighted by Gasteiger charge is 2.25. The number of benzene rings is 1. The molecule has 1 amide bonds. The number of hydrogen-bond acceptors (Lipinski definition) is 3. The second-order valence-electron chi connectivity index (χ2n) is 5.85. The van der Waals surface area contributed by atoms with E-state index in [-0.39, 0.29) is 5.91 Å². The van der Waals surface area contributed by atoms with E-state index in [4.69, 9.17) is 5.73 Å². The Hall–Kier alpha value is -1.39. The topological polar surface area (TPSA) is 49.6 Å². The summed E-state index contributed by atoms with van der Waals surface area (Å²) in [5.74, 6) is 0.179. The van der Waals surface area contributed by atoms with E-state index in [1.807, 2.05) is 36.2 Å². The van der Waals surface area contributed by atoms with Crippen molar-refractivity contribution in [1.82, 2.24) is 9.80 Å². The molecule has 2 N–H and O–H groups in total. The van der Waals surface area contributed by atoms with E-state index in [0.29, 0.717) is 19.0 Å². The molecule has 116 valence electrons. The molecule has 4 heteroatoms. The zero-order valence-corrected chi connectivity index (χ0v) is 13.2. The Morgan fingerprint density at radius 2 is 2.10 bits per heavy atom. The van der Waals surface area contributed by atoms with Crippen molar-refractivity contribution < 1.29 is 4.79 Å². The van der Waals surface area contributed by atoms with Crippen molar-refractivity contribution in [3.63, 3.8) is 0 Å². The molecular weight excluding hydrogens is 262 g/mol. The fourth-order valence-corrected chi connectivity index (χ4v) is 3.16. The minimum absolute atomic E-state index is 0.179. The number of hydrogen-bond donors (Lipinski definition) is 1. The fourth-order valence-electron chi connectivity index (χ4n) is 3.16. The van der Waals surface area contributed by atoms with Gasteiger partial charge < -0.3 is 10.6 Å². The van der Waals surface area contributed by atoms with Gasteiger partial charge in [-0.2, -0.15) is 0 Å². The normalized spacial score (nSPS) is 18.9. The molecule has 1 saturated heterocycles. The number of amides is 1. The second kappa shape index (κ2) is 7.57. The Morgan fingerprint density at radius 1 is 1.38 bits per heavy atom. The van der Waals surface area contributed by atoms with Crippen LogP contribution in [0.2, 0.25) is 0 Å². The number of nitrogens with zero attached hydrogens (tertiary/aromatic N) is 2. The molecular formula is C17H27N3O. The third-order valence-electron chi connectivity index (χ3n) is 4.50. The molecule has 1 aromatic carbocycles. The summed E-state index contributed by atoms with van der Waals surface area (Å²) in [5, 5.41) is 0. The molecule has 1 aliphatic rings. The third kappa shape index (κ3) is 4.05. The first kappa shape index (κ1) is 16.0. The maximum atomic E-state index is 12.4. The molecule has 0 aromatic heterocycles. The summed E-state index contributed by atoms with van der Waals surface area (Å²) in [5.41, 5.74) is 7.86. The Bertz CT molecular complexity index is 475. The van der Waals surface area contributed by atoms with Crippen molar-refractivity contribution in [3.8, 4) is 0 Å². The number of likely N-dealkylation sites (N-methyl/N-ethyl adjacent to an activating group) is 2. The summed E-state index contributed by atoms with van der Waals surface area (Å²) >= 11 is 0. The smallest absolute Gasteiger partial charge is 0.226 e. The van der Waals surface area contributed by atoms with Gasteiger partial charge in [-0.15, -0.1) is 0 Å². The molecule has 0 aliphatic carbocycles. The summed E-state index contributed by atoms with van der Waals surface area (Å²) in [6, 6.07) is 8.46. The molecule has 1 unspecified atom stereocenters. The van der Waals surface area contributed by atoms with Gasteiger partial charge in [0.2, 0.25) is 5.91 Å². The van der Waals surface area contributed by atoms with Gasteiger partial charge in [0.1, 0.15) is 0 Å². The Balaban J connectivity index is 1.93. The number of rotatable bonds is 6. The van der Waals surface area contributed by atoms with Gasteiger partial charge in [0.05, 0.1) is 6.42 Å². The van der Waals surface area contributed by atoms with Gasteiger partial charge in [-0.1, -0.05) is 31.2 Å². The minimum Gasteiger partial charge on any atom is -0.344 e. The van der Waals surface area contributed by atoms with Crippen molar-refractivity contribution in [1.29, 1.82) is 0 Å². The molecule has 0 saturated carbocycles. The minimum atomic E-state index is 0.179. The molecule has 4 nitrogen and oxygen atoms in total. The summed E-state index contributed by atoms with van der Waals surface area (Å²) in [6.45, 7) is 5.75. The molecule has 1 aromatic rings. The average Bonchev–Trinajstić information content (AvgIpc) is 2.94. The first-order valence-corrected chi connectivity index (χ1v) is 7.90. The maximum absolute atomic E-state index is 12.4. The van der Waals surface area contributed by atoms with Gasteiger partial charge in [-0.3, -0.25) is 9.69 Å². The Kier molecular flexibility index (Phi) is 5.76. The van der Waals surface area contributed by atoms with E-state index in [1.165, 1.54) is 19.4 Å². The number of nitrogens with two attached hydrogens (primary N) is 1. The quantitative estimate of drug-likeness (QED) is 0.866. The monoisotopic (exact) mass is 289 g/mol. The van der Waals surface area contributed by atoms with E-state index >= 15 is 0 Å². The number of likely N-dealkylation sites (tertiary alicyclic amines) is 1. The third-order valence-corrected chi connectivity index (χ3v) is 4.50. The van der Waals surface area contributed by atoms with Crippen molar-refractivity contribution in [2.75, 3.05) is 26.7 Å². The molecule has 0 spiro atoms. The van der Waals surface area contributed by atoms with Gasteiger partial charge in [0, 0.05) is 26.2 Å². The SMILES string of the molecule is CCN1CCCC1CN(C)C(=O)Cc1ccccc1CN. The van der Waals surface area contributed by atoms with Crippen LogP contribution in [0.1, 0.15) is 30.9 Å². The van der Waals surface area contributed by atoms with Crippen LogP contribution in [-0.2, 0) is 17.8 Å². The van der Waals surface area contributed by atoms with E-state index < -0.39 is 0 Å². The zero-order chi connectivity index (χ0) is 15.2. The van der Waals surface area contributed by atoms with E-state index in [0.717, 1.165) is 24.2 Å². The highest BCUT2D eigenvalue weighted by atomic mass is 16.2. The van der Waals surface area contributed by atoms with E-state index in [1.54, 1.807) is 0 Å². The molecule has 21 heavy (non-hydrogen) atoms. The van der Waals surface area contributed by atoms with Crippen molar-refractivity contribution in [2.45, 2.75) is 38.8 Å². The highest BCUT2D eigenvalue weighted by molar-refractivity contribution is 5.78. The largest absolute Gasteiger partial charge is 0.344 e. The van der Waals surface area contributed by atoms with Crippen LogP contribution in [-0.4, -0.2) is 48.4 Å². The van der Waals surface area contributed by atoms with Crippen LogP contribution in [0.15, 0.2) is 24.3 Å². The maximum Gasteiger partial charge on any atom is 0.226 e. The van der Waals surface area contributed by atoms with E-state index in [9.17, 15) is 4.79 Å². The van der Waals surface area contributed by atoms with Gasteiger partial charge in [0.15, 0.2) is 0 Å². The first-order valence-electron chi connectivity index (χ1n) is 7.90. The lowest BCUT2D eigenvalue weighted by Gasteiger charge is -2.28. The molecule has 1 fully saturated rings. The highest BCUT2D eigenvalue weighted by Crippen LogP contribution is 2.18. The first-order chi connectivity index (χ1) is 10.2. The summed E-state index contributed by atoms with van der Waals surface area (Å²) in [4.78, 5) is 16.8. The van der Waals surface area contributed by atoms with Gasteiger partial charge in [-0.05, 0) is 37.1 Å². The van der Waals surface area contributed by atoms with Gasteiger partial charge >= 0.3 is 0 Å². The predicted octanol–water partition coefficient (Wildman–Crippen LogP) is 1.63. The van der Waals surface area contributed by atoms with Crippen LogP contribution in [0.4, 0.5) is 0 Å².